The molecule has 0 atom stereocenters. The molecule has 1 aromatic rings. The van der Waals surface area contributed by atoms with Gasteiger partial charge in [-0.15, -0.1) is 11.6 Å². The van der Waals surface area contributed by atoms with Gasteiger partial charge in [0.05, 0.1) is 10.6 Å². The van der Waals surface area contributed by atoms with Crippen molar-refractivity contribution in [2.75, 3.05) is 0 Å². The third kappa shape index (κ3) is 4.19. The maximum atomic E-state index is 10.3. The van der Waals surface area contributed by atoms with Gasteiger partial charge in [-0.3, -0.25) is 4.79 Å². The van der Waals surface area contributed by atoms with E-state index < -0.39 is 4.87 Å². The third-order valence-electron chi connectivity index (χ3n) is 1.93. The quantitative estimate of drug-likeness (QED) is 0.393. The summed E-state index contributed by atoms with van der Waals surface area (Å²) in [6.07, 6.45) is 0.467. The van der Waals surface area contributed by atoms with Gasteiger partial charge in [0.15, 0.2) is 0 Å². The van der Waals surface area contributed by atoms with E-state index in [2.05, 4.69) is 10.5 Å². The molecule has 1 rings (SSSR count). The molecule has 0 aliphatic rings. The highest BCUT2D eigenvalue weighted by Crippen LogP contribution is 2.25. The molecule has 0 aliphatic carbocycles. The molecule has 0 saturated carbocycles. The van der Waals surface area contributed by atoms with E-state index >= 15 is 0 Å². The molecular weight excluding hydrogens is 282 g/mol. The normalized spacial score (nSPS) is 12.4. The summed E-state index contributed by atoms with van der Waals surface area (Å²) in [7, 11) is 0. The lowest BCUT2D eigenvalue weighted by molar-refractivity contribution is -0.109. The Morgan fingerprint density at radius 1 is 1.29 bits per heavy atom. The van der Waals surface area contributed by atoms with Crippen LogP contribution in [0.5, 0.6) is 0 Å². The van der Waals surface area contributed by atoms with Crippen molar-refractivity contribution in [2.45, 2.75) is 18.7 Å². The van der Waals surface area contributed by atoms with Gasteiger partial charge in [-0.2, -0.15) is 5.10 Å². The molecule has 17 heavy (non-hydrogen) atoms. The van der Waals surface area contributed by atoms with Crippen molar-refractivity contribution in [1.82, 2.24) is 5.43 Å². The molecule has 0 radical (unpaired) electrons. The van der Waals surface area contributed by atoms with Gasteiger partial charge >= 0.3 is 0 Å². The number of amides is 1. The van der Waals surface area contributed by atoms with Crippen molar-refractivity contribution in [2.24, 2.45) is 5.10 Å². The van der Waals surface area contributed by atoms with Crippen molar-refractivity contribution in [3.63, 3.8) is 0 Å². The Bertz CT molecular complexity index is 432. The van der Waals surface area contributed by atoms with E-state index in [1.807, 2.05) is 0 Å². The number of hydrogen-bond acceptors (Lipinski definition) is 2. The molecule has 6 heteroatoms. The lowest BCUT2D eigenvalue weighted by atomic mass is 9.99. The summed E-state index contributed by atoms with van der Waals surface area (Å²) in [4.78, 5) is 9.53. The van der Waals surface area contributed by atoms with Gasteiger partial charge in [0, 0.05) is 15.6 Å². The minimum atomic E-state index is -0.760. The van der Waals surface area contributed by atoms with E-state index in [0.717, 1.165) is 0 Å². The van der Waals surface area contributed by atoms with Gasteiger partial charge in [0.1, 0.15) is 0 Å². The van der Waals surface area contributed by atoms with E-state index in [0.29, 0.717) is 27.7 Å². The van der Waals surface area contributed by atoms with Gasteiger partial charge in [0.25, 0.3) is 0 Å². The number of carbonyl (C=O) groups is 1. The lowest BCUT2D eigenvalue weighted by Gasteiger charge is -2.19. The van der Waals surface area contributed by atoms with Gasteiger partial charge in [-0.1, -0.05) is 23.2 Å². The Kier molecular flexibility index (Phi) is 4.80. The second-order valence-electron chi connectivity index (χ2n) is 3.84. The Morgan fingerprint density at radius 3 is 2.24 bits per heavy atom. The van der Waals surface area contributed by atoms with Gasteiger partial charge in [0.2, 0.25) is 6.41 Å². The van der Waals surface area contributed by atoms with Crippen LogP contribution in [-0.2, 0) is 4.79 Å². The first-order valence-electron chi connectivity index (χ1n) is 4.77. The standard InChI is InChI=1S/C11H11Cl3N2O/c1-11(2,14)10(16-15-6-17)7-3-8(12)5-9(13)4-7/h3-6H,1-2H3,(H,15,17). The van der Waals surface area contributed by atoms with Crippen LogP contribution in [0.3, 0.4) is 0 Å². The maximum Gasteiger partial charge on any atom is 0.227 e. The first kappa shape index (κ1) is 14.3. The van der Waals surface area contributed by atoms with Crippen molar-refractivity contribution >= 4 is 46.9 Å². The average molecular weight is 294 g/mol. The van der Waals surface area contributed by atoms with Gasteiger partial charge < -0.3 is 0 Å². The summed E-state index contributed by atoms with van der Waals surface area (Å²) < 4.78 is 0. The number of carbonyl (C=O) groups excluding carboxylic acids is 1. The number of rotatable bonds is 4. The van der Waals surface area contributed by atoms with Gasteiger partial charge in [-0.25, -0.2) is 5.43 Å². The molecule has 1 aromatic carbocycles. The largest absolute Gasteiger partial charge is 0.277 e. The summed E-state index contributed by atoms with van der Waals surface area (Å²) in [6, 6.07) is 4.98. The van der Waals surface area contributed by atoms with Crippen LogP contribution in [0.2, 0.25) is 10.0 Å². The molecule has 3 nitrogen and oxygen atoms in total. The minimum absolute atomic E-state index is 0.467. The predicted octanol–water partition coefficient (Wildman–Crippen LogP) is 3.46. The highest BCUT2D eigenvalue weighted by Gasteiger charge is 2.24. The zero-order valence-corrected chi connectivity index (χ0v) is 11.6. The van der Waals surface area contributed by atoms with E-state index in [1.165, 1.54) is 0 Å². The van der Waals surface area contributed by atoms with Crippen LogP contribution in [-0.4, -0.2) is 17.0 Å². The fraction of sp³-hybridized carbons (Fsp3) is 0.273. The number of nitrogens with one attached hydrogen (secondary N) is 1. The second-order valence-corrected chi connectivity index (χ2v) is 5.66. The molecule has 0 spiro atoms. The van der Waals surface area contributed by atoms with E-state index in [9.17, 15) is 4.79 Å². The minimum Gasteiger partial charge on any atom is -0.277 e. The summed E-state index contributed by atoms with van der Waals surface area (Å²) >= 11 is 18.0. The van der Waals surface area contributed by atoms with Crippen LogP contribution < -0.4 is 5.43 Å². The number of hydrazone groups is 1. The Balaban J connectivity index is 3.27. The molecule has 0 aromatic heterocycles. The highest BCUT2D eigenvalue weighted by molar-refractivity contribution is 6.40. The van der Waals surface area contributed by atoms with Gasteiger partial charge in [-0.05, 0) is 32.0 Å². The van der Waals surface area contributed by atoms with Crippen LogP contribution in [0.4, 0.5) is 0 Å². The highest BCUT2D eigenvalue weighted by atomic mass is 35.5. The fourth-order valence-electron chi connectivity index (χ4n) is 1.32. The SMILES string of the molecule is CC(C)(Cl)C(=NNC=O)c1cc(Cl)cc(Cl)c1. The van der Waals surface area contributed by atoms with Crippen LogP contribution in [0.1, 0.15) is 19.4 Å². The number of hydrogen-bond donors (Lipinski definition) is 1. The topological polar surface area (TPSA) is 41.5 Å². The van der Waals surface area contributed by atoms with E-state index in [4.69, 9.17) is 34.8 Å². The van der Waals surface area contributed by atoms with E-state index in [1.54, 1.807) is 32.0 Å². The van der Waals surface area contributed by atoms with Crippen molar-refractivity contribution < 1.29 is 4.79 Å². The first-order valence-corrected chi connectivity index (χ1v) is 5.90. The van der Waals surface area contributed by atoms with Crippen molar-refractivity contribution in [1.29, 1.82) is 0 Å². The Labute approximate surface area is 115 Å². The molecule has 0 saturated heterocycles. The molecule has 0 aliphatic heterocycles. The monoisotopic (exact) mass is 292 g/mol. The summed E-state index contributed by atoms with van der Waals surface area (Å²) in [5.74, 6) is 0. The second kappa shape index (κ2) is 5.71. The number of nitrogens with zero attached hydrogens (tertiary/aromatic N) is 1. The molecule has 92 valence electrons. The predicted molar refractivity (Wildman–Crippen MR) is 72.1 cm³/mol. The summed E-state index contributed by atoms with van der Waals surface area (Å²) in [5, 5.41) is 4.87. The van der Waals surface area contributed by atoms with Crippen molar-refractivity contribution in [3.8, 4) is 0 Å². The van der Waals surface area contributed by atoms with E-state index in [-0.39, 0.29) is 0 Å². The number of benzene rings is 1. The Morgan fingerprint density at radius 2 is 1.82 bits per heavy atom. The van der Waals surface area contributed by atoms with Crippen LogP contribution in [0.15, 0.2) is 23.3 Å². The molecule has 0 bridgehead atoms. The molecule has 0 unspecified atom stereocenters. The van der Waals surface area contributed by atoms with Crippen LogP contribution >= 0.6 is 34.8 Å². The van der Waals surface area contributed by atoms with Crippen LogP contribution in [0, 0.1) is 0 Å². The lowest BCUT2D eigenvalue weighted by Crippen LogP contribution is -2.28. The molecule has 0 fully saturated rings. The molecule has 0 heterocycles. The first-order chi connectivity index (χ1) is 7.84. The third-order valence-corrected chi connectivity index (χ3v) is 2.54. The fourth-order valence-corrected chi connectivity index (χ4v) is 2.00. The average Bonchev–Trinajstić information content (AvgIpc) is 2.14. The zero-order valence-electron chi connectivity index (χ0n) is 9.30. The zero-order chi connectivity index (χ0) is 13.1. The molecule has 1 amide bonds. The number of alkyl halides is 1. The smallest absolute Gasteiger partial charge is 0.227 e. The summed E-state index contributed by atoms with van der Waals surface area (Å²) in [6.45, 7) is 3.52. The Hall–Kier alpha value is -0.770. The number of halogens is 3. The molecular formula is C11H11Cl3N2O. The maximum absolute atomic E-state index is 10.3. The van der Waals surface area contributed by atoms with Crippen LogP contribution in [0.25, 0.3) is 0 Å². The summed E-state index contributed by atoms with van der Waals surface area (Å²) in [5.41, 5.74) is 3.37. The molecule has 1 N–H and O–H groups in total. The van der Waals surface area contributed by atoms with Crippen molar-refractivity contribution in [3.05, 3.63) is 33.8 Å².